The van der Waals surface area contributed by atoms with Gasteiger partial charge in [0.05, 0.1) is 25.4 Å². The van der Waals surface area contributed by atoms with Crippen LogP contribution in [0.3, 0.4) is 0 Å². The van der Waals surface area contributed by atoms with E-state index in [1.54, 1.807) is 14.1 Å². The van der Waals surface area contributed by atoms with Crippen LogP contribution in [-0.2, 0) is 0 Å². The Kier molecular flexibility index (Phi) is 16.6. The summed E-state index contributed by atoms with van der Waals surface area (Å²) < 4.78 is 0. The van der Waals surface area contributed by atoms with Gasteiger partial charge in [-0.3, -0.25) is 0 Å². The molecule has 12 heteroatoms. The summed E-state index contributed by atoms with van der Waals surface area (Å²) in [6.07, 6.45) is -11.3. The van der Waals surface area contributed by atoms with Crippen molar-refractivity contribution in [2.75, 3.05) is 40.4 Å². The highest BCUT2D eigenvalue weighted by atomic mass is 16.4. The van der Waals surface area contributed by atoms with E-state index in [-0.39, 0.29) is 13.1 Å². The average molecular weight is 390 g/mol. The number of aliphatic hydroxyl groups is 10. The molecule has 0 saturated heterocycles. The van der Waals surface area contributed by atoms with E-state index in [9.17, 15) is 10.2 Å². The predicted octanol–water partition coefficient (Wildman–Crippen LogP) is -6.72. The lowest BCUT2D eigenvalue weighted by atomic mass is 10.0. The van der Waals surface area contributed by atoms with Crippen LogP contribution in [0.1, 0.15) is 0 Å². The Bertz CT molecular complexity index is 298. The predicted molar refractivity (Wildman–Crippen MR) is 90.1 cm³/mol. The Morgan fingerprint density at radius 1 is 0.500 bits per heavy atom. The van der Waals surface area contributed by atoms with Gasteiger partial charge in [0.15, 0.2) is 0 Å². The third-order valence-corrected chi connectivity index (χ3v) is 3.48. The molecule has 0 aliphatic carbocycles. The van der Waals surface area contributed by atoms with Crippen LogP contribution in [0.5, 0.6) is 0 Å². The van der Waals surface area contributed by atoms with Crippen LogP contribution in [0.25, 0.3) is 0 Å². The number of hydrogen-bond donors (Lipinski definition) is 12. The number of likely N-dealkylation sites (N-methyl/N-ethyl adjacent to an activating group) is 2. The smallest absolute Gasteiger partial charge is 0.111 e. The van der Waals surface area contributed by atoms with Crippen molar-refractivity contribution >= 4 is 0 Å². The van der Waals surface area contributed by atoms with Crippen molar-refractivity contribution in [1.82, 2.24) is 10.6 Å². The molecule has 160 valence electrons. The second-order valence-corrected chi connectivity index (χ2v) is 5.71. The second-order valence-electron chi connectivity index (χ2n) is 5.71. The summed E-state index contributed by atoms with van der Waals surface area (Å²) in [6.45, 7) is -1.14. The summed E-state index contributed by atoms with van der Waals surface area (Å²) in [5.41, 5.74) is 0. The van der Waals surface area contributed by atoms with Gasteiger partial charge in [-0.05, 0) is 14.1 Å². The van der Waals surface area contributed by atoms with Crippen LogP contribution < -0.4 is 10.6 Å². The second kappa shape index (κ2) is 15.6. The third kappa shape index (κ3) is 10.6. The Balaban J connectivity index is 0. The topological polar surface area (TPSA) is 226 Å². The zero-order chi connectivity index (χ0) is 20.9. The summed E-state index contributed by atoms with van der Waals surface area (Å²) in [5.74, 6) is 0. The van der Waals surface area contributed by atoms with Crippen molar-refractivity contribution in [1.29, 1.82) is 0 Å². The monoisotopic (exact) mass is 390 g/mol. The van der Waals surface area contributed by atoms with E-state index >= 15 is 0 Å². The van der Waals surface area contributed by atoms with Gasteiger partial charge in [0.25, 0.3) is 0 Å². The van der Waals surface area contributed by atoms with Crippen LogP contribution in [0.15, 0.2) is 0 Å². The lowest BCUT2D eigenvalue weighted by Gasteiger charge is -2.25. The van der Waals surface area contributed by atoms with Gasteiger partial charge in [-0.2, -0.15) is 0 Å². The first-order valence-electron chi connectivity index (χ1n) is 8.04. The zero-order valence-electron chi connectivity index (χ0n) is 14.9. The molecule has 0 fully saturated rings. The first-order chi connectivity index (χ1) is 12.1. The van der Waals surface area contributed by atoms with Gasteiger partial charge < -0.3 is 61.7 Å². The molecule has 4 unspecified atom stereocenters. The van der Waals surface area contributed by atoms with E-state index in [4.69, 9.17) is 40.9 Å². The van der Waals surface area contributed by atoms with E-state index in [1.807, 2.05) is 0 Å². The average Bonchev–Trinajstić information content (AvgIpc) is 2.64. The number of rotatable bonds is 12. The lowest BCUT2D eigenvalue weighted by Crippen LogP contribution is -2.48. The normalized spacial score (nSPS) is 20.8. The van der Waals surface area contributed by atoms with Crippen molar-refractivity contribution in [3.63, 3.8) is 0 Å². The Labute approximate surface area is 152 Å². The SMILES string of the molecule is CNCC(O)C(O)C(O)C(O)CO.CNC[C@H](O)[C@@H](O)[C@H](O)[C@H](O)CO. The van der Waals surface area contributed by atoms with Crippen LogP contribution in [-0.4, -0.2) is 140 Å². The molecule has 8 atom stereocenters. The standard InChI is InChI=1S/2C7H17NO5/c2*1-8-2-4(10)6(12)7(13)5(11)3-9/h2*4-13H,2-3H2,1H3/t4-,5+,6+,7+;/m0./s1. The van der Waals surface area contributed by atoms with Crippen molar-refractivity contribution in [2.45, 2.75) is 48.8 Å². The van der Waals surface area contributed by atoms with Gasteiger partial charge in [-0.25, -0.2) is 0 Å². The van der Waals surface area contributed by atoms with E-state index in [1.165, 1.54) is 0 Å². The molecule has 0 rings (SSSR count). The minimum absolute atomic E-state index is 0.0936. The minimum Gasteiger partial charge on any atom is -0.394 e. The largest absolute Gasteiger partial charge is 0.394 e. The molecule has 0 aliphatic rings. The first kappa shape index (κ1) is 27.7. The molecule has 0 aliphatic heterocycles. The Morgan fingerprint density at radius 3 is 0.923 bits per heavy atom. The molecule has 0 aromatic rings. The van der Waals surface area contributed by atoms with E-state index in [0.29, 0.717) is 0 Å². The molecule has 0 heterocycles. The number of nitrogens with one attached hydrogen (secondary N) is 2. The van der Waals surface area contributed by atoms with Gasteiger partial charge >= 0.3 is 0 Å². The van der Waals surface area contributed by atoms with Gasteiger partial charge in [0.1, 0.15) is 36.6 Å². The number of hydrogen-bond acceptors (Lipinski definition) is 12. The molecule has 0 aromatic heterocycles. The fourth-order valence-corrected chi connectivity index (χ4v) is 1.79. The molecule has 0 radical (unpaired) electrons. The maximum Gasteiger partial charge on any atom is 0.111 e. The molecule has 12 nitrogen and oxygen atoms in total. The highest BCUT2D eigenvalue weighted by molar-refractivity contribution is 4.82. The van der Waals surface area contributed by atoms with E-state index in [2.05, 4.69) is 10.6 Å². The number of aliphatic hydroxyl groups excluding tert-OH is 10. The molecule has 26 heavy (non-hydrogen) atoms. The fourth-order valence-electron chi connectivity index (χ4n) is 1.79. The van der Waals surface area contributed by atoms with Crippen molar-refractivity contribution in [3.05, 3.63) is 0 Å². The summed E-state index contributed by atoms with van der Waals surface area (Å²) in [4.78, 5) is 0. The van der Waals surface area contributed by atoms with Crippen LogP contribution in [0.2, 0.25) is 0 Å². The molecule has 0 saturated carbocycles. The van der Waals surface area contributed by atoms with Gasteiger partial charge in [-0.15, -0.1) is 0 Å². The lowest BCUT2D eigenvalue weighted by molar-refractivity contribution is -0.113. The van der Waals surface area contributed by atoms with E-state index < -0.39 is 62.0 Å². The van der Waals surface area contributed by atoms with E-state index in [0.717, 1.165) is 0 Å². The van der Waals surface area contributed by atoms with Gasteiger partial charge in [-0.1, -0.05) is 0 Å². The molecule has 0 amide bonds. The van der Waals surface area contributed by atoms with Crippen molar-refractivity contribution < 1.29 is 51.1 Å². The molecule has 0 bridgehead atoms. The minimum atomic E-state index is -1.55. The summed E-state index contributed by atoms with van der Waals surface area (Å²) in [7, 11) is 3.15. The maximum atomic E-state index is 9.21. The highest BCUT2D eigenvalue weighted by Gasteiger charge is 2.30. The Morgan fingerprint density at radius 2 is 0.731 bits per heavy atom. The molecular weight excluding hydrogens is 356 g/mol. The van der Waals surface area contributed by atoms with Gasteiger partial charge in [0.2, 0.25) is 0 Å². The summed E-state index contributed by atoms with van der Waals surface area (Å²) >= 11 is 0. The third-order valence-electron chi connectivity index (χ3n) is 3.48. The van der Waals surface area contributed by atoms with Crippen molar-refractivity contribution in [3.8, 4) is 0 Å². The molecule has 0 spiro atoms. The van der Waals surface area contributed by atoms with Gasteiger partial charge in [0, 0.05) is 13.1 Å². The zero-order valence-corrected chi connectivity index (χ0v) is 14.9. The van der Waals surface area contributed by atoms with Crippen LogP contribution in [0.4, 0.5) is 0 Å². The highest BCUT2D eigenvalue weighted by Crippen LogP contribution is 2.04. The van der Waals surface area contributed by atoms with Crippen molar-refractivity contribution in [2.24, 2.45) is 0 Å². The fraction of sp³-hybridized carbons (Fsp3) is 1.00. The summed E-state index contributed by atoms with van der Waals surface area (Å²) in [5, 5.41) is 95.0. The van der Waals surface area contributed by atoms with Crippen LogP contribution >= 0.6 is 0 Å². The summed E-state index contributed by atoms with van der Waals surface area (Å²) in [6, 6.07) is 0. The van der Waals surface area contributed by atoms with Crippen LogP contribution in [0, 0.1) is 0 Å². The molecular formula is C14H34N2O10. The Hall–Kier alpha value is -0.480. The molecule has 12 N–H and O–H groups in total. The quantitative estimate of drug-likeness (QED) is 0.149. The first-order valence-corrected chi connectivity index (χ1v) is 8.04. The molecule has 0 aromatic carbocycles. The maximum absolute atomic E-state index is 9.21.